The zero-order chi connectivity index (χ0) is 17.4. The van der Waals surface area contributed by atoms with E-state index in [1.165, 1.54) is 11.8 Å². The molecular weight excluding hydrogens is 360 g/mol. The van der Waals surface area contributed by atoms with Crippen LogP contribution in [0.25, 0.3) is 0 Å². The largest absolute Gasteiger partial charge is 0.425 e. The molecular formula is C18H17ClN2O3S. The van der Waals surface area contributed by atoms with Crippen molar-refractivity contribution in [1.82, 2.24) is 5.32 Å². The van der Waals surface area contributed by atoms with Crippen molar-refractivity contribution in [2.24, 2.45) is 16.8 Å². The normalized spacial score (nSPS) is 31.6. The van der Waals surface area contributed by atoms with E-state index in [1.807, 2.05) is 0 Å². The number of carbonyl (C=O) groups excluding carboxylic acids is 2. The second-order valence-corrected chi connectivity index (χ2v) is 8.08. The number of allylic oxidation sites excluding steroid dienone is 1. The predicted molar refractivity (Wildman–Crippen MR) is 97.8 cm³/mol. The number of aliphatic imine (C=N–C) groups is 1. The zero-order valence-corrected chi connectivity index (χ0v) is 14.9. The first-order valence-electron chi connectivity index (χ1n) is 8.27. The van der Waals surface area contributed by atoms with Gasteiger partial charge in [-0.1, -0.05) is 47.6 Å². The van der Waals surface area contributed by atoms with E-state index in [0.29, 0.717) is 27.8 Å². The van der Waals surface area contributed by atoms with Crippen LogP contribution in [0, 0.1) is 11.8 Å². The zero-order valence-electron chi connectivity index (χ0n) is 13.4. The van der Waals surface area contributed by atoms with Gasteiger partial charge in [0.15, 0.2) is 5.17 Å². The van der Waals surface area contributed by atoms with Crippen molar-refractivity contribution in [2.75, 3.05) is 0 Å². The third kappa shape index (κ3) is 3.60. The molecule has 4 rings (SSSR count). The number of hydrogen-bond donors (Lipinski definition) is 1. The van der Waals surface area contributed by atoms with Crippen LogP contribution < -0.4 is 10.1 Å². The maximum Gasteiger partial charge on any atom is 0.312 e. The molecule has 1 heterocycles. The molecule has 2 fully saturated rings. The highest BCUT2D eigenvalue weighted by atomic mass is 35.5. The highest BCUT2D eigenvalue weighted by molar-refractivity contribution is 8.15. The predicted octanol–water partition coefficient (Wildman–Crippen LogP) is 3.19. The summed E-state index contributed by atoms with van der Waals surface area (Å²) in [5, 5.41) is 3.26. The fourth-order valence-electron chi connectivity index (χ4n) is 3.49. The summed E-state index contributed by atoms with van der Waals surface area (Å²) in [4.78, 5) is 28.9. The van der Waals surface area contributed by atoms with Gasteiger partial charge in [0.25, 0.3) is 0 Å². The molecule has 0 radical (unpaired) electrons. The van der Waals surface area contributed by atoms with Gasteiger partial charge in [0, 0.05) is 0 Å². The van der Waals surface area contributed by atoms with Gasteiger partial charge in [0.2, 0.25) is 5.91 Å². The number of halogens is 1. The van der Waals surface area contributed by atoms with Gasteiger partial charge in [-0.2, -0.15) is 0 Å². The Hall–Kier alpha value is -1.79. The number of para-hydroxylation sites is 1. The van der Waals surface area contributed by atoms with Gasteiger partial charge < -0.3 is 10.1 Å². The first-order chi connectivity index (χ1) is 12.1. The third-order valence-corrected chi connectivity index (χ3v) is 6.12. The van der Waals surface area contributed by atoms with Crippen LogP contribution in [-0.4, -0.2) is 28.3 Å². The van der Waals surface area contributed by atoms with Crippen molar-refractivity contribution in [3.63, 3.8) is 0 Å². The summed E-state index contributed by atoms with van der Waals surface area (Å²) in [6.45, 7) is 0. The molecule has 3 aliphatic rings. The molecule has 1 aromatic carbocycles. The van der Waals surface area contributed by atoms with E-state index in [2.05, 4.69) is 22.5 Å². The molecule has 2 aliphatic carbocycles. The van der Waals surface area contributed by atoms with Gasteiger partial charge in [-0.25, -0.2) is 0 Å². The van der Waals surface area contributed by atoms with Crippen LogP contribution in [0.4, 0.5) is 0 Å². The van der Waals surface area contributed by atoms with Crippen LogP contribution in [-0.2, 0) is 9.59 Å². The van der Waals surface area contributed by atoms with Crippen LogP contribution in [0.5, 0.6) is 5.75 Å². The van der Waals surface area contributed by atoms with Gasteiger partial charge in [-0.05, 0) is 36.8 Å². The lowest BCUT2D eigenvalue weighted by molar-refractivity contribution is -0.135. The standard InChI is InChI=1S/C18H17ClN2O3S/c19-12-3-1-2-4-14(12)24-16(22)9-15-17(23)21-18(25-15)20-13-8-10-5-6-11(13)7-10/h1-6,10-11,13,15H,7-9H2,(H,20,21,23). The smallest absolute Gasteiger partial charge is 0.312 e. The summed E-state index contributed by atoms with van der Waals surface area (Å²) in [5.74, 6) is 0.741. The number of nitrogens with zero attached hydrogens (tertiary/aromatic N) is 1. The molecule has 4 atom stereocenters. The molecule has 1 aromatic rings. The van der Waals surface area contributed by atoms with E-state index in [-0.39, 0.29) is 18.4 Å². The van der Waals surface area contributed by atoms with Crippen molar-refractivity contribution >= 4 is 40.4 Å². The second kappa shape index (κ2) is 6.84. The summed E-state index contributed by atoms with van der Waals surface area (Å²) in [7, 11) is 0. The van der Waals surface area contributed by atoms with E-state index in [4.69, 9.17) is 16.3 Å². The Morgan fingerprint density at radius 1 is 1.32 bits per heavy atom. The second-order valence-electron chi connectivity index (χ2n) is 6.49. The lowest BCUT2D eigenvalue weighted by Crippen LogP contribution is -2.28. The van der Waals surface area contributed by atoms with E-state index >= 15 is 0 Å². The number of rotatable bonds is 4. The molecule has 1 saturated carbocycles. The molecule has 25 heavy (non-hydrogen) atoms. The monoisotopic (exact) mass is 376 g/mol. The molecule has 4 unspecified atom stereocenters. The number of hydrogen-bond acceptors (Lipinski definition) is 5. The van der Waals surface area contributed by atoms with Gasteiger partial charge in [0.1, 0.15) is 11.0 Å². The van der Waals surface area contributed by atoms with Gasteiger partial charge >= 0.3 is 5.97 Å². The number of amides is 1. The number of carbonyl (C=O) groups is 2. The van der Waals surface area contributed by atoms with Crippen molar-refractivity contribution in [1.29, 1.82) is 0 Å². The van der Waals surface area contributed by atoms with Crippen LogP contribution in [0.2, 0.25) is 5.02 Å². The number of benzene rings is 1. The summed E-state index contributed by atoms with van der Waals surface area (Å²) in [5.41, 5.74) is 0. The average Bonchev–Trinajstić information content (AvgIpc) is 3.27. The first kappa shape index (κ1) is 16.7. The Morgan fingerprint density at radius 2 is 2.16 bits per heavy atom. The number of fused-ring (bicyclic) bond motifs is 2. The average molecular weight is 377 g/mol. The van der Waals surface area contributed by atoms with E-state index in [0.717, 1.165) is 12.8 Å². The minimum atomic E-state index is -0.511. The number of thioether (sulfide) groups is 1. The summed E-state index contributed by atoms with van der Waals surface area (Å²) < 4.78 is 5.25. The highest BCUT2D eigenvalue weighted by Gasteiger charge is 2.38. The minimum absolute atomic E-state index is 0.0165. The lowest BCUT2D eigenvalue weighted by Gasteiger charge is -2.13. The van der Waals surface area contributed by atoms with Crippen molar-refractivity contribution in [2.45, 2.75) is 30.6 Å². The highest BCUT2D eigenvalue weighted by Crippen LogP contribution is 2.41. The first-order valence-corrected chi connectivity index (χ1v) is 9.53. The van der Waals surface area contributed by atoms with Crippen molar-refractivity contribution < 1.29 is 14.3 Å². The maximum absolute atomic E-state index is 12.1. The number of ether oxygens (including phenoxy) is 1. The van der Waals surface area contributed by atoms with Crippen LogP contribution in [0.3, 0.4) is 0 Å². The van der Waals surface area contributed by atoms with Gasteiger partial charge in [-0.15, -0.1) is 0 Å². The van der Waals surface area contributed by atoms with Crippen LogP contribution >= 0.6 is 23.4 Å². The Kier molecular flexibility index (Phi) is 4.56. The fraction of sp³-hybridized carbons (Fsp3) is 0.389. The Labute approximate surface area is 154 Å². The molecule has 1 aliphatic heterocycles. The van der Waals surface area contributed by atoms with E-state index in [1.54, 1.807) is 24.3 Å². The molecule has 1 saturated heterocycles. The summed E-state index contributed by atoms with van der Waals surface area (Å²) >= 11 is 7.28. The Bertz CT molecular complexity index is 779. The number of nitrogens with one attached hydrogen (secondary N) is 1. The molecule has 0 spiro atoms. The quantitative estimate of drug-likeness (QED) is 0.498. The van der Waals surface area contributed by atoms with Crippen molar-refractivity contribution in [3.05, 3.63) is 41.4 Å². The van der Waals surface area contributed by atoms with Crippen LogP contribution in [0.15, 0.2) is 41.4 Å². The molecule has 0 aromatic heterocycles. The fourth-order valence-corrected chi connectivity index (χ4v) is 4.68. The van der Waals surface area contributed by atoms with E-state index in [9.17, 15) is 9.59 Å². The minimum Gasteiger partial charge on any atom is -0.425 e. The molecule has 130 valence electrons. The molecule has 2 bridgehead atoms. The summed E-state index contributed by atoms with van der Waals surface area (Å²) in [6, 6.07) is 7.01. The third-order valence-electron chi connectivity index (χ3n) is 4.72. The molecule has 7 heteroatoms. The summed E-state index contributed by atoms with van der Waals surface area (Å²) in [6.07, 6.45) is 6.67. The Balaban J connectivity index is 1.35. The topological polar surface area (TPSA) is 67.8 Å². The van der Waals surface area contributed by atoms with E-state index < -0.39 is 11.2 Å². The molecule has 1 amide bonds. The SMILES string of the molecule is O=C(CC1SC(=NC2CC3C=CC2C3)NC1=O)Oc1ccccc1Cl. The number of amidine groups is 1. The molecule has 1 N–H and O–H groups in total. The molecule has 5 nitrogen and oxygen atoms in total. The van der Waals surface area contributed by atoms with Gasteiger partial charge in [0.05, 0.1) is 17.5 Å². The lowest BCUT2D eigenvalue weighted by atomic mass is 10.0. The number of esters is 1. The van der Waals surface area contributed by atoms with Gasteiger partial charge in [-0.3, -0.25) is 14.6 Å². The Morgan fingerprint density at radius 3 is 2.88 bits per heavy atom. The maximum atomic E-state index is 12.1. The van der Waals surface area contributed by atoms with Crippen molar-refractivity contribution in [3.8, 4) is 5.75 Å². The van der Waals surface area contributed by atoms with Crippen LogP contribution in [0.1, 0.15) is 19.3 Å².